The Labute approximate surface area is 118 Å². The van der Waals surface area contributed by atoms with Gasteiger partial charge in [0.2, 0.25) is 0 Å². The van der Waals surface area contributed by atoms with Crippen LogP contribution < -0.4 is 10.7 Å². The molecule has 1 aromatic carbocycles. The lowest BCUT2D eigenvalue weighted by Gasteiger charge is -2.48. The van der Waals surface area contributed by atoms with E-state index < -0.39 is 0 Å². The molecule has 1 saturated heterocycles. The molecule has 1 aromatic heterocycles. The number of rotatable bonds is 1. The Bertz CT molecular complexity index is 699. The van der Waals surface area contributed by atoms with Gasteiger partial charge in [0.15, 0.2) is 5.58 Å². The molecule has 4 nitrogen and oxygen atoms in total. The van der Waals surface area contributed by atoms with E-state index in [1.165, 1.54) is 37.8 Å². The van der Waals surface area contributed by atoms with E-state index in [4.69, 9.17) is 4.42 Å². The third-order valence-corrected chi connectivity index (χ3v) is 5.38. The van der Waals surface area contributed by atoms with Gasteiger partial charge < -0.3 is 9.32 Å². The Morgan fingerprint density at radius 2 is 1.90 bits per heavy atom. The second-order valence-corrected chi connectivity index (χ2v) is 6.42. The van der Waals surface area contributed by atoms with Crippen molar-refractivity contribution in [3.63, 3.8) is 0 Å². The molecular weight excluding hydrogens is 252 g/mol. The van der Waals surface area contributed by atoms with Crippen LogP contribution in [0.1, 0.15) is 32.1 Å². The maximum atomic E-state index is 11.5. The van der Waals surface area contributed by atoms with Crippen molar-refractivity contribution in [3.05, 3.63) is 28.7 Å². The molecule has 2 heterocycles. The largest absolute Gasteiger partial charge is 0.419 e. The molecule has 20 heavy (non-hydrogen) atoms. The number of anilines is 1. The van der Waals surface area contributed by atoms with Crippen LogP contribution in [0.25, 0.3) is 11.1 Å². The number of piperidine rings is 1. The highest BCUT2D eigenvalue weighted by Crippen LogP contribution is 2.49. The van der Waals surface area contributed by atoms with Gasteiger partial charge in [0.05, 0.1) is 5.52 Å². The van der Waals surface area contributed by atoms with E-state index in [1.54, 1.807) is 11.6 Å². The van der Waals surface area contributed by atoms with Crippen LogP contribution in [0.4, 0.5) is 5.69 Å². The van der Waals surface area contributed by atoms with E-state index in [-0.39, 0.29) is 5.76 Å². The minimum atomic E-state index is -0.288. The van der Waals surface area contributed by atoms with Crippen molar-refractivity contribution in [3.8, 4) is 0 Å². The number of aromatic nitrogens is 1. The van der Waals surface area contributed by atoms with E-state index in [0.717, 1.165) is 18.6 Å². The molecule has 1 aliphatic heterocycles. The first-order valence-electron chi connectivity index (χ1n) is 7.52. The number of oxazole rings is 1. The zero-order valence-electron chi connectivity index (χ0n) is 11.9. The van der Waals surface area contributed by atoms with Gasteiger partial charge in [0.25, 0.3) is 0 Å². The molecule has 4 heteroatoms. The highest BCUT2D eigenvalue weighted by molar-refractivity contribution is 5.77. The minimum absolute atomic E-state index is 0.288. The van der Waals surface area contributed by atoms with Crippen LogP contribution in [0.2, 0.25) is 0 Å². The number of nitrogens with zero attached hydrogens (tertiary/aromatic N) is 2. The Morgan fingerprint density at radius 3 is 2.55 bits per heavy atom. The Kier molecular flexibility index (Phi) is 2.50. The highest BCUT2D eigenvalue weighted by Gasteiger charge is 2.39. The molecule has 2 aliphatic rings. The topological polar surface area (TPSA) is 38.4 Å². The van der Waals surface area contributed by atoms with Crippen LogP contribution >= 0.6 is 0 Å². The maximum Gasteiger partial charge on any atom is 0.419 e. The third kappa shape index (κ3) is 1.70. The first kappa shape index (κ1) is 12.1. The molecule has 1 spiro atoms. The normalized spacial score (nSPS) is 21.4. The zero-order chi connectivity index (χ0) is 13.7. The molecule has 0 radical (unpaired) electrons. The summed E-state index contributed by atoms with van der Waals surface area (Å²) in [7, 11) is 1.75. The lowest BCUT2D eigenvalue weighted by Crippen LogP contribution is -2.43. The Hall–Kier alpha value is -1.71. The van der Waals surface area contributed by atoms with Crippen molar-refractivity contribution in [1.29, 1.82) is 0 Å². The van der Waals surface area contributed by atoms with Gasteiger partial charge >= 0.3 is 5.76 Å². The average Bonchev–Trinajstić information content (AvgIpc) is 2.72. The summed E-state index contributed by atoms with van der Waals surface area (Å²) in [5, 5.41) is 0. The van der Waals surface area contributed by atoms with Crippen molar-refractivity contribution in [2.45, 2.75) is 32.1 Å². The van der Waals surface area contributed by atoms with Gasteiger partial charge in [0.1, 0.15) is 0 Å². The fourth-order valence-corrected chi connectivity index (χ4v) is 3.74. The van der Waals surface area contributed by atoms with Crippen molar-refractivity contribution in [1.82, 2.24) is 4.57 Å². The van der Waals surface area contributed by atoms with Gasteiger partial charge in [-0.05, 0) is 43.2 Å². The summed E-state index contributed by atoms with van der Waals surface area (Å²) in [5.41, 5.74) is 3.41. The van der Waals surface area contributed by atoms with Crippen LogP contribution in [0.3, 0.4) is 0 Å². The van der Waals surface area contributed by atoms with E-state index in [1.807, 2.05) is 12.1 Å². The summed E-state index contributed by atoms with van der Waals surface area (Å²) in [4.78, 5) is 14.0. The van der Waals surface area contributed by atoms with Gasteiger partial charge in [-0.2, -0.15) is 0 Å². The lowest BCUT2D eigenvalue weighted by atomic mass is 9.63. The summed E-state index contributed by atoms with van der Waals surface area (Å²) < 4.78 is 6.84. The first-order valence-corrected chi connectivity index (χ1v) is 7.52. The highest BCUT2D eigenvalue weighted by atomic mass is 16.4. The van der Waals surface area contributed by atoms with Crippen LogP contribution in [-0.4, -0.2) is 17.7 Å². The van der Waals surface area contributed by atoms with Gasteiger partial charge in [-0.3, -0.25) is 4.57 Å². The van der Waals surface area contributed by atoms with E-state index in [2.05, 4.69) is 11.0 Å². The maximum absolute atomic E-state index is 11.5. The van der Waals surface area contributed by atoms with Gasteiger partial charge in [-0.1, -0.05) is 6.42 Å². The second-order valence-electron chi connectivity index (χ2n) is 6.42. The molecule has 0 amide bonds. The standard InChI is InChI=1S/C16H20N2O2/c1-17-13-4-3-12(11-14(13)20-15(17)19)18-9-7-16(8-10-18)5-2-6-16/h3-4,11H,2,5-10H2,1H3. The summed E-state index contributed by atoms with van der Waals surface area (Å²) in [6.45, 7) is 2.26. The number of fused-ring (bicyclic) bond motifs is 1. The fraction of sp³-hybridized carbons (Fsp3) is 0.562. The SMILES string of the molecule is Cn1c(=O)oc2cc(N3CCC4(CCC4)CC3)ccc21. The first-order chi connectivity index (χ1) is 9.67. The molecule has 4 rings (SSSR count). The molecule has 1 saturated carbocycles. The van der Waals surface area contributed by atoms with E-state index in [9.17, 15) is 4.79 Å². The summed E-state index contributed by atoms with van der Waals surface area (Å²) in [6, 6.07) is 6.11. The molecule has 0 atom stereocenters. The van der Waals surface area contributed by atoms with Crippen LogP contribution in [0, 0.1) is 5.41 Å². The van der Waals surface area contributed by atoms with E-state index in [0.29, 0.717) is 11.0 Å². The quantitative estimate of drug-likeness (QED) is 0.801. The second kappa shape index (κ2) is 4.14. The van der Waals surface area contributed by atoms with Crippen molar-refractivity contribution in [2.75, 3.05) is 18.0 Å². The molecule has 0 N–H and O–H groups in total. The van der Waals surface area contributed by atoms with Crippen LogP contribution in [-0.2, 0) is 7.05 Å². The fourth-order valence-electron chi connectivity index (χ4n) is 3.74. The molecule has 2 fully saturated rings. The van der Waals surface area contributed by atoms with Gasteiger partial charge in [-0.15, -0.1) is 0 Å². The predicted octanol–water partition coefficient (Wildman–Crippen LogP) is 2.90. The smallest absolute Gasteiger partial charge is 0.408 e. The van der Waals surface area contributed by atoms with Gasteiger partial charge in [0, 0.05) is 31.9 Å². The molecular formula is C16H20N2O2. The number of hydrogen-bond donors (Lipinski definition) is 0. The zero-order valence-corrected chi connectivity index (χ0v) is 11.9. The summed E-state index contributed by atoms with van der Waals surface area (Å²) >= 11 is 0. The average molecular weight is 272 g/mol. The Balaban J connectivity index is 1.61. The molecule has 2 aromatic rings. The van der Waals surface area contributed by atoms with Crippen LogP contribution in [0.15, 0.2) is 27.4 Å². The monoisotopic (exact) mass is 272 g/mol. The van der Waals surface area contributed by atoms with Crippen molar-refractivity contribution in [2.24, 2.45) is 12.5 Å². The third-order valence-electron chi connectivity index (χ3n) is 5.38. The molecule has 1 aliphatic carbocycles. The minimum Gasteiger partial charge on any atom is -0.408 e. The van der Waals surface area contributed by atoms with Crippen molar-refractivity contribution < 1.29 is 4.42 Å². The Morgan fingerprint density at radius 1 is 1.15 bits per heavy atom. The lowest BCUT2D eigenvalue weighted by molar-refractivity contribution is 0.0955. The van der Waals surface area contributed by atoms with Crippen molar-refractivity contribution >= 4 is 16.8 Å². The summed E-state index contributed by atoms with van der Waals surface area (Å²) in [5.74, 6) is -0.288. The molecule has 106 valence electrons. The summed E-state index contributed by atoms with van der Waals surface area (Å²) in [6.07, 6.45) is 6.88. The molecule has 0 unspecified atom stereocenters. The number of hydrogen-bond acceptors (Lipinski definition) is 3. The van der Waals surface area contributed by atoms with Gasteiger partial charge in [-0.25, -0.2) is 4.79 Å². The van der Waals surface area contributed by atoms with E-state index >= 15 is 0 Å². The van der Waals surface area contributed by atoms with Crippen LogP contribution in [0.5, 0.6) is 0 Å². The number of benzene rings is 1. The number of aryl methyl sites for hydroxylation is 1. The molecule has 0 bridgehead atoms. The predicted molar refractivity (Wildman–Crippen MR) is 79.2 cm³/mol.